The predicted octanol–water partition coefficient (Wildman–Crippen LogP) is 3.85. The average Bonchev–Trinajstić information content (AvgIpc) is 3.07. The van der Waals surface area contributed by atoms with Crippen LogP contribution in [0, 0.1) is 13.8 Å². The van der Waals surface area contributed by atoms with Crippen LogP contribution in [0.25, 0.3) is 22.3 Å². The minimum atomic E-state index is -0.238. The van der Waals surface area contributed by atoms with Gasteiger partial charge in [0, 0.05) is 25.9 Å². The van der Waals surface area contributed by atoms with Gasteiger partial charge in [0.1, 0.15) is 5.56 Å². The SMILES string of the molecule is CCc1nc(OC)c(C(=O)NC)cc1-c1nc2c(C)cn(C(C)COC)c2cc1C. The van der Waals surface area contributed by atoms with Crippen LogP contribution in [0.3, 0.4) is 0 Å². The third kappa shape index (κ3) is 3.77. The van der Waals surface area contributed by atoms with Gasteiger partial charge in [0.05, 0.1) is 42.2 Å². The van der Waals surface area contributed by atoms with Gasteiger partial charge in [0.2, 0.25) is 5.88 Å². The highest BCUT2D eigenvalue weighted by Gasteiger charge is 2.21. The fraction of sp³-hybridized carbons (Fsp3) is 0.435. The van der Waals surface area contributed by atoms with Crippen molar-refractivity contribution < 1.29 is 14.3 Å². The van der Waals surface area contributed by atoms with Gasteiger partial charge in [-0.25, -0.2) is 9.97 Å². The summed E-state index contributed by atoms with van der Waals surface area (Å²) in [5.74, 6) is 0.0853. The molecule has 7 heteroatoms. The standard InChI is InChI=1S/C23H30N4O3/c1-8-18-16(10-17(22(28)24-5)23(25-18)30-7)20-13(2)9-19-21(26-20)14(3)11-27(19)15(4)12-29-6/h9-11,15H,8,12H2,1-7H3,(H,24,28). The fourth-order valence-electron chi connectivity index (χ4n) is 3.84. The Kier molecular flexibility index (Phi) is 6.41. The van der Waals surface area contributed by atoms with Gasteiger partial charge in [0.15, 0.2) is 0 Å². The molecule has 1 unspecified atom stereocenters. The molecule has 1 amide bonds. The highest BCUT2D eigenvalue weighted by Crippen LogP contribution is 2.33. The lowest BCUT2D eigenvalue weighted by molar-refractivity contribution is 0.0959. The third-order valence-electron chi connectivity index (χ3n) is 5.38. The Hall–Kier alpha value is -2.93. The molecular weight excluding hydrogens is 380 g/mol. The van der Waals surface area contributed by atoms with Crippen molar-refractivity contribution in [3.8, 4) is 17.1 Å². The zero-order valence-corrected chi connectivity index (χ0v) is 18.8. The van der Waals surface area contributed by atoms with Gasteiger partial charge in [-0.15, -0.1) is 0 Å². The molecule has 0 bridgehead atoms. The zero-order chi connectivity index (χ0) is 22.0. The molecular formula is C23H30N4O3. The summed E-state index contributed by atoms with van der Waals surface area (Å²) in [6.07, 6.45) is 2.82. The molecule has 1 N–H and O–H groups in total. The summed E-state index contributed by atoms with van der Waals surface area (Å²) in [4.78, 5) is 22.0. The first-order valence-electron chi connectivity index (χ1n) is 10.1. The first kappa shape index (κ1) is 21.8. The molecule has 3 aromatic heterocycles. The van der Waals surface area contributed by atoms with Crippen molar-refractivity contribution in [2.75, 3.05) is 27.9 Å². The molecule has 0 aliphatic heterocycles. The highest BCUT2D eigenvalue weighted by atomic mass is 16.5. The lowest BCUT2D eigenvalue weighted by atomic mass is 10.0. The minimum absolute atomic E-state index is 0.201. The monoisotopic (exact) mass is 410 g/mol. The fourth-order valence-corrected chi connectivity index (χ4v) is 3.84. The molecule has 30 heavy (non-hydrogen) atoms. The van der Waals surface area contributed by atoms with Crippen molar-refractivity contribution >= 4 is 16.9 Å². The summed E-state index contributed by atoms with van der Waals surface area (Å²) >= 11 is 0. The van der Waals surface area contributed by atoms with Crippen molar-refractivity contribution in [2.24, 2.45) is 0 Å². The Labute approximate surface area is 177 Å². The first-order valence-corrected chi connectivity index (χ1v) is 10.1. The lowest BCUT2D eigenvalue weighted by Gasteiger charge is -2.16. The number of fused-ring (bicyclic) bond motifs is 1. The van der Waals surface area contributed by atoms with Crippen LogP contribution in [0.4, 0.5) is 0 Å². The maximum Gasteiger partial charge on any atom is 0.256 e. The second-order valence-corrected chi connectivity index (χ2v) is 7.52. The van der Waals surface area contributed by atoms with Crippen LogP contribution < -0.4 is 10.1 Å². The minimum Gasteiger partial charge on any atom is -0.480 e. The second-order valence-electron chi connectivity index (χ2n) is 7.52. The molecule has 0 spiro atoms. The molecule has 0 fully saturated rings. The smallest absolute Gasteiger partial charge is 0.256 e. The van der Waals surface area contributed by atoms with E-state index in [1.165, 1.54) is 7.11 Å². The first-order chi connectivity index (χ1) is 14.4. The molecule has 0 aromatic carbocycles. The van der Waals surface area contributed by atoms with E-state index in [2.05, 4.69) is 41.0 Å². The Morgan fingerprint density at radius 2 is 1.93 bits per heavy atom. The van der Waals surface area contributed by atoms with Gasteiger partial charge >= 0.3 is 0 Å². The molecule has 0 aliphatic rings. The maximum atomic E-state index is 12.4. The Balaban J connectivity index is 2.25. The number of nitrogens with zero attached hydrogens (tertiary/aromatic N) is 3. The van der Waals surface area contributed by atoms with E-state index in [4.69, 9.17) is 14.5 Å². The third-order valence-corrected chi connectivity index (χ3v) is 5.38. The molecule has 160 valence electrons. The number of aromatic nitrogens is 3. The number of aryl methyl sites for hydroxylation is 3. The molecule has 7 nitrogen and oxygen atoms in total. The highest BCUT2D eigenvalue weighted by molar-refractivity contribution is 5.98. The number of ether oxygens (including phenoxy) is 2. The van der Waals surface area contributed by atoms with Crippen molar-refractivity contribution in [1.29, 1.82) is 0 Å². The molecule has 0 saturated heterocycles. The van der Waals surface area contributed by atoms with Crippen LogP contribution in [0.2, 0.25) is 0 Å². The van der Waals surface area contributed by atoms with E-state index < -0.39 is 0 Å². The van der Waals surface area contributed by atoms with E-state index >= 15 is 0 Å². The number of methoxy groups -OCH3 is 2. The van der Waals surface area contributed by atoms with E-state index in [0.717, 1.165) is 39.1 Å². The van der Waals surface area contributed by atoms with Crippen LogP contribution in [0.5, 0.6) is 5.88 Å². The van der Waals surface area contributed by atoms with Gasteiger partial charge in [-0.2, -0.15) is 0 Å². The van der Waals surface area contributed by atoms with E-state index in [-0.39, 0.29) is 11.9 Å². The van der Waals surface area contributed by atoms with Crippen LogP contribution in [-0.4, -0.2) is 48.3 Å². The van der Waals surface area contributed by atoms with Gasteiger partial charge in [0.25, 0.3) is 5.91 Å². The van der Waals surface area contributed by atoms with Crippen LogP contribution in [-0.2, 0) is 11.2 Å². The largest absolute Gasteiger partial charge is 0.480 e. The van der Waals surface area contributed by atoms with Crippen LogP contribution >= 0.6 is 0 Å². The summed E-state index contributed by atoms with van der Waals surface area (Å²) in [6, 6.07) is 4.19. The van der Waals surface area contributed by atoms with Crippen LogP contribution in [0.15, 0.2) is 18.3 Å². The summed E-state index contributed by atoms with van der Waals surface area (Å²) in [5, 5.41) is 2.66. The number of carbonyl (C=O) groups is 1. The molecule has 1 atom stereocenters. The zero-order valence-electron chi connectivity index (χ0n) is 18.8. The van der Waals surface area contributed by atoms with Gasteiger partial charge < -0.3 is 19.4 Å². The number of hydrogen-bond acceptors (Lipinski definition) is 5. The summed E-state index contributed by atoms with van der Waals surface area (Å²) < 4.78 is 12.9. The van der Waals surface area contributed by atoms with E-state index in [1.54, 1.807) is 14.2 Å². The predicted molar refractivity (Wildman–Crippen MR) is 118 cm³/mol. The summed E-state index contributed by atoms with van der Waals surface area (Å²) in [7, 11) is 4.83. The summed E-state index contributed by atoms with van der Waals surface area (Å²) in [6.45, 7) is 8.89. The second kappa shape index (κ2) is 8.83. The van der Waals surface area contributed by atoms with Gasteiger partial charge in [-0.3, -0.25) is 4.79 Å². The van der Waals surface area contributed by atoms with E-state index in [0.29, 0.717) is 24.5 Å². The average molecular weight is 411 g/mol. The molecule has 3 heterocycles. The molecule has 3 rings (SSSR count). The van der Waals surface area contributed by atoms with Crippen molar-refractivity contribution in [2.45, 2.75) is 40.2 Å². The molecule has 3 aromatic rings. The van der Waals surface area contributed by atoms with Crippen molar-refractivity contribution in [1.82, 2.24) is 19.9 Å². The maximum absolute atomic E-state index is 12.4. The normalized spacial score (nSPS) is 12.2. The number of carbonyl (C=O) groups excluding carboxylic acids is 1. The van der Waals surface area contributed by atoms with Crippen LogP contribution in [0.1, 0.15) is 47.1 Å². The summed E-state index contributed by atoms with van der Waals surface area (Å²) in [5.41, 5.74) is 7.07. The van der Waals surface area contributed by atoms with Crippen molar-refractivity contribution in [3.05, 3.63) is 40.7 Å². The Morgan fingerprint density at radius 3 is 2.53 bits per heavy atom. The lowest BCUT2D eigenvalue weighted by Crippen LogP contribution is -2.20. The Morgan fingerprint density at radius 1 is 1.20 bits per heavy atom. The number of nitrogens with one attached hydrogen (secondary N) is 1. The molecule has 0 radical (unpaired) electrons. The van der Waals surface area contributed by atoms with Crippen molar-refractivity contribution in [3.63, 3.8) is 0 Å². The Bertz CT molecular complexity index is 1090. The number of amides is 1. The van der Waals surface area contributed by atoms with E-state index in [1.807, 2.05) is 19.9 Å². The number of hydrogen-bond donors (Lipinski definition) is 1. The number of rotatable bonds is 7. The van der Waals surface area contributed by atoms with Gasteiger partial charge in [-0.05, 0) is 50.5 Å². The quantitative estimate of drug-likeness (QED) is 0.640. The van der Waals surface area contributed by atoms with E-state index in [9.17, 15) is 4.79 Å². The molecule has 0 aliphatic carbocycles. The molecule has 0 saturated carbocycles. The topological polar surface area (TPSA) is 78.3 Å². The number of pyridine rings is 2. The van der Waals surface area contributed by atoms with Gasteiger partial charge in [-0.1, -0.05) is 6.92 Å².